The second-order valence-electron chi connectivity index (χ2n) is 7.03. The first kappa shape index (κ1) is 20.9. The van der Waals surface area contributed by atoms with Gasteiger partial charge in [0.15, 0.2) is 6.29 Å². The lowest BCUT2D eigenvalue weighted by atomic mass is 9.98. The Morgan fingerprint density at radius 3 is 2.35 bits per heavy atom. The zero-order valence-electron chi connectivity index (χ0n) is 15.3. The number of hydrogen-bond donors (Lipinski definition) is 2. The van der Waals surface area contributed by atoms with Crippen molar-refractivity contribution in [3.8, 4) is 0 Å². The first-order valence-corrected chi connectivity index (χ1v) is 9.97. The quantitative estimate of drug-likeness (QED) is 0.473. The molecule has 0 radical (unpaired) electrons. The summed E-state index contributed by atoms with van der Waals surface area (Å²) < 4.78 is 12.0. The third kappa shape index (κ3) is 10.3. The third-order valence-electron chi connectivity index (χ3n) is 4.92. The Morgan fingerprint density at radius 1 is 0.957 bits per heavy atom. The maximum absolute atomic E-state index is 6.26. The van der Waals surface area contributed by atoms with E-state index in [1.165, 1.54) is 51.4 Å². The van der Waals surface area contributed by atoms with Gasteiger partial charge < -0.3 is 20.9 Å². The van der Waals surface area contributed by atoms with Crippen LogP contribution in [0, 0.1) is 5.92 Å². The van der Waals surface area contributed by atoms with Crippen molar-refractivity contribution in [1.82, 2.24) is 0 Å². The molecule has 0 spiro atoms. The molecule has 0 aromatic carbocycles. The molecule has 0 bridgehead atoms. The average molecular weight is 329 g/mol. The van der Waals surface area contributed by atoms with Crippen LogP contribution in [0.1, 0.15) is 84.0 Å². The summed E-state index contributed by atoms with van der Waals surface area (Å²) in [6.07, 6.45) is 15.0. The molecule has 4 N–H and O–H groups in total. The van der Waals surface area contributed by atoms with Crippen LogP contribution < -0.4 is 11.5 Å². The molecule has 4 nitrogen and oxygen atoms in total. The van der Waals surface area contributed by atoms with Crippen LogP contribution in [-0.4, -0.2) is 32.1 Å². The van der Waals surface area contributed by atoms with E-state index in [4.69, 9.17) is 20.9 Å². The molecule has 1 heterocycles. The molecule has 4 heteroatoms. The lowest BCUT2D eigenvalue weighted by Crippen LogP contribution is -2.28. The maximum Gasteiger partial charge on any atom is 0.157 e. The Kier molecular flexibility index (Phi) is 12.9. The van der Waals surface area contributed by atoms with Crippen LogP contribution >= 0.6 is 0 Å². The molecule has 0 aromatic heterocycles. The summed E-state index contributed by atoms with van der Waals surface area (Å²) in [7, 11) is 0. The number of nitrogens with two attached hydrogens (primary N) is 2. The predicted octanol–water partition coefficient (Wildman–Crippen LogP) is 3.96. The van der Waals surface area contributed by atoms with Gasteiger partial charge in [-0.1, -0.05) is 45.4 Å². The normalized spacial score (nSPS) is 20.1. The van der Waals surface area contributed by atoms with E-state index in [-0.39, 0.29) is 6.29 Å². The first-order chi connectivity index (χ1) is 11.3. The Bertz CT molecular complexity index is 254. The van der Waals surface area contributed by atoms with E-state index in [9.17, 15) is 0 Å². The summed E-state index contributed by atoms with van der Waals surface area (Å²) in [6, 6.07) is 0. The van der Waals surface area contributed by atoms with Gasteiger partial charge in [-0.3, -0.25) is 0 Å². The molecule has 1 aliphatic heterocycles. The van der Waals surface area contributed by atoms with Gasteiger partial charge in [-0.2, -0.15) is 0 Å². The number of unbranched alkanes of at least 4 members (excludes halogenated alkanes) is 4. The van der Waals surface area contributed by atoms with E-state index in [1.54, 1.807) is 0 Å². The van der Waals surface area contributed by atoms with E-state index in [1.807, 2.05) is 0 Å². The van der Waals surface area contributed by atoms with Crippen molar-refractivity contribution in [2.24, 2.45) is 17.4 Å². The Labute approximate surface area is 143 Å². The van der Waals surface area contributed by atoms with Crippen molar-refractivity contribution in [2.45, 2.75) is 96.4 Å². The van der Waals surface area contributed by atoms with Crippen molar-refractivity contribution in [1.29, 1.82) is 0 Å². The van der Waals surface area contributed by atoms with Crippen LogP contribution in [0.25, 0.3) is 0 Å². The van der Waals surface area contributed by atoms with E-state index in [0.29, 0.717) is 25.1 Å². The SMILES string of the molecule is CCCCCCCC(CCCC(CN)CN)OC1CCCCO1. The fourth-order valence-electron chi connectivity index (χ4n) is 3.26. The molecule has 2 unspecified atom stereocenters. The van der Waals surface area contributed by atoms with Gasteiger partial charge in [0.05, 0.1) is 6.10 Å². The topological polar surface area (TPSA) is 70.5 Å². The van der Waals surface area contributed by atoms with Gasteiger partial charge in [0.25, 0.3) is 0 Å². The fraction of sp³-hybridized carbons (Fsp3) is 1.00. The van der Waals surface area contributed by atoms with Crippen LogP contribution in [-0.2, 0) is 9.47 Å². The van der Waals surface area contributed by atoms with Gasteiger partial charge in [0.1, 0.15) is 0 Å². The van der Waals surface area contributed by atoms with Crippen molar-refractivity contribution in [3.05, 3.63) is 0 Å². The largest absolute Gasteiger partial charge is 0.353 e. The van der Waals surface area contributed by atoms with Crippen LogP contribution in [0.3, 0.4) is 0 Å². The van der Waals surface area contributed by atoms with Gasteiger partial charge in [0.2, 0.25) is 0 Å². The highest BCUT2D eigenvalue weighted by atomic mass is 16.7. The molecule has 0 saturated carbocycles. The lowest BCUT2D eigenvalue weighted by molar-refractivity contribution is -0.191. The molecule has 1 rings (SSSR count). The Balaban J connectivity index is 2.27. The molecule has 0 aromatic rings. The second kappa shape index (κ2) is 14.2. The maximum atomic E-state index is 6.26. The van der Waals surface area contributed by atoms with E-state index >= 15 is 0 Å². The zero-order chi connectivity index (χ0) is 16.8. The molecule has 138 valence electrons. The molecular formula is C19H40N2O2. The molecule has 2 atom stereocenters. The molecule has 1 aliphatic rings. The summed E-state index contributed by atoms with van der Waals surface area (Å²) in [5.41, 5.74) is 11.5. The predicted molar refractivity (Wildman–Crippen MR) is 97.3 cm³/mol. The Morgan fingerprint density at radius 2 is 1.70 bits per heavy atom. The highest BCUT2D eigenvalue weighted by molar-refractivity contribution is 4.66. The summed E-state index contributed by atoms with van der Waals surface area (Å²) in [4.78, 5) is 0. The van der Waals surface area contributed by atoms with Crippen LogP contribution in [0.5, 0.6) is 0 Å². The Hall–Kier alpha value is -0.160. The average Bonchev–Trinajstić information content (AvgIpc) is 2.59. The fourth-order valence-corrected chi connectivity index (χ4v) is 3.26. The first-order valence-electron chi connectivity index (χ1n) is 9.97. The minimum atomic E-state index is 0.0317. The monoisotopic (exact) mass is 328 g/mol. The number of hydrogen-bond acceptors (Lipinski definition) is 4. The minimum Gasteiger partial charge on any atom is -0.353 e. The van der Waals surface area contributed by atoms with E-state index < -0.39 is 0 Å². The summed E-state index contributed by atoms with van der Waals surface area (Å²) in [6.45, 7) is 4.52. The summed E-state index contributed by atoms with van der Waals surface area (Å²) >= 11 is 0. The standard InChI is InChI=1S/C19H40N2O2/c1-2-3-4-5-6-11-18(12-9-10-17(15-20)16-21)23-19-13-7-8-14-22-19/h17-19H,2-16,20-21H2,1H3. The second-order valence-corrected chi connectivity index (χ2v) is 7.03. The van der Waals surface area contributed by atoms with Crippen molar-refractivity contribution in [2.75, 3.05) is 19.7 Å². The number of rotatable bonds is 14. The highest BCUT2D eigenvalue weighted by Gasteiger charge is 2.19. The van der Waals surface area contributed by atoms with Crippen LogP contribution in [0.15, 0.2) is 0 Å². The van der Waals surface area contributed by atoms with Gasteiger partial charge in [-0.15, -0.1) is 0 Å². The van der Waals surface area contributed by atoms with Gasteiger partial charge >= 0.3 is 0 Å². The van der Waals surface area contributed by atoms with Gasteiger partial charge in [-0.05, 0) is 57.5 Å². The van der Waals surface area contributed by atoms with Crippen molar-refractivity contribution >= 4 is 0 Å². The van der Waals surface area contributed by atoms with E-state index in [0.717, 1.165) is 32.3 Å². The molecule has 23 heavy (non-hydrogen) atoms. The van der Waals surface area contributed by atoms with Gasteiger partial charge in [-0.25, -0.2) is 0 Å². The minimum absolute atomic E-state index is 0.0317. The molecular weight excluding hydrogens is 288 g/mol. The lowest BCUT2D eigenvalue weighted by Gasteiger charge is -2.28. The van der Waals surface area contributed by atoms with Crippen LogP contribution in [0.4, 0.5) is 0 Å². The van der Waals surface area contributed by atoms with Gasteiger partial charge in [0, 0.05) is 6.61 Å². The summed E-state index contributed by atoms with van der Waals surface area (Å²) in [5, 5.41) is 0. The third-order valence-corrected chi connectivity index (χ3v) is 4.92. The highest BCUT2D eigenvalue weighted by Crippen LogP contribution is 2.22. The summed E-state index contributed by atoms with van der Waals surface area (Å²) in [5.74, 6) is 0.464. The molecule has 0 amide bonds. The van der Waals surface area contributed by atoms with Crippen molar-refractivity contribution in [3.63, 3.8) is 0 Å². The van der Waals surface area contributed by atoms with E-state index in [2.05, 4.69) is 6.92 Å². The zero-order valence-corrected chi connectivity index (χ0v) is 15.3. The van der Waals surface area contributed by atoms with Crippen molar-refractivity contribution < 1.29 is 9.47 Å². The van der Waals surface area contributed by atoms with Crippen LogP contribution in [0.2, 0.25) is 0 Å². The smallest absolute Gasteiger partial charge is 0.157 e. The molecule has 0 aliphatic carbocycles. The number of ether oxygens (including phenoxy) is 2. The molecule has 1 saturated heterocycles. The molecule has 1 fully saturated rings.